The van der Waals surface area contributed by atoms with Crippen LogP contribution in [0.4, 0.5) is 4.79 Å². The third-order valence-corrected chi connectivity index (χ3v) is 10.1. The molecule has 2 atom stereocenters. The predicted octanol–water partition coefficient (Wildman–Crippen LogP) is 4.46. The molecule has 10 heteroatoms. The van der Waals surface area contributed by atoms with Crippen LogP contribution in [0.2, 0.25) is 5.02 Å². The summed E-state index contributed by atoms with van der Waals surface area (Å²) in [5.41, 5.74) is -1.06. The van der Waals surface area contributed by atoms with Gasteiger partial charge in [0.2, 0.25) is 10.0 Å². The molecule has 4 rings (SSSR count). The molecule has 8 nitrogen and oxygen atoms in total. The number of nitrogens with zero attached hydrogens (tertiary/aromatic N) is 2. The van der Waals surface area contributed by atoms with Crippen LogP contribution in [-0.2, 0) is 24.2 Å². The first-order valence-electron chi connectivity index (χ1n) is 12.6. The molecule has 0 radical (unpaired) electrons. The quantitative estimate of drug-likeness (QED) is 0.495. The molecule has 0 unspecified atom stereocenters. The van der Waals surface area contributed by atoms with Gasteiger partial charge >= 0.3 is 6.09 Å². The van der Waals surface area contributed by atoms with Crippen molar-refractivity contribution in [3.8, 4) is 0 Å². The number of carbonyl (C=O) groups excluding carboxylic acids is 1. The Kier molecular flexibility index (Phi) is 8.03. The van der Waals surface area contributed by atoms with Crippen molar-refractivity contribution in [1.82, 2.24) is 9.21 Å². The van der Waals surface area contributed by atoms with Gasteiger partial charge in [-0.3, -0.25) is 0 Å². The summed E-state index contributed by atoms with van der Waals surface area (Å²) in [6.07, 6.45) is 4.72. The maximum atomic E-state index is 13.9. The van der Waals surface area contributed by atoms with Gasteiger partial charge in [0.1, 0.15) is 5.60 Å². The first-order valence-corrected chi connectivity index (χ1v) is 14.4. The van der Waals surface area contributed by atoms with Gasteiger partial charge in [-0.25, -0.2) is 13.2 Å². The van der Waals surface area contributed by atoms with Gasteiger partial charge in [-0.05, 0) is 62.8 Å². The van der Waals surface area contributed by atoms with Gasteiger partial charge in [0, 0.05) is 31.3 Å². The number of ether oxygens (including phenoxy) is 3. The smallest absolute Gasteiger partial charge is 0.410 e. The summed E-state index contributed by atoms with van der Waals surface area (Å²) in [7, 11) is -2.13. The van der Waals surface area contributed by atoms with Gasteiger partial charge in [0.15, 0.2) is 0 Å². The predicted molar refractivity (Wildman–Crippen MR) is 133 cm³/mol. The Hall–Kier alpha value is -1.39. The van der Waals surface area contributed by atoms with Crippen LogP contribution in [0.15, 0.2) is 29.2 Å². The maximum absolute atomic E-state index is 13.9. The van der Waals surface area contributed by atoms with Crippen LogP contribution in [0.5, 0.6) is 0 Å². The Bertz CT molecular complexity index is 982. The van der Waals surface area contributed by atoms with Crippen molar-refractivity contribution in [2.45, 2.75) is 87.0 Å². The maximum Gasteiger partial charge on any atom is 0.410 e. The average molecular weight is 529 g/mol. The summed E-state index contributed by atoms with van der Waals surface area (Å²) in [5, 5.41) is 0.474. The summed E-state index contributed by atoms with van der Waals surface area (Å²) in [6, 6.07) is 5.33. The van der Waals surface area contributed by atoms with Crippen LogP contribution in [0.3, 0.4) is 0 Å². The molecule has 0 bridgehead atoms. The molecule has 35 heavy (non-hydrogen) atoms. The van der Waals surface area contributed by atoms with Crippen molar-refractivity contribution < 1.29 is 27.4 Å². The third kappa shape index (κ3) is 5.34. The number of hydrogen-bond acceptors (Lipinski definition) is 6. The van der Waals surface area contributed by atoms with Crippen LogP contribution >= 0.6 is 11.6 Å². The zero-order valence-electron chi connectivity index (χ0n) is 20.9. The van der Waals surface area contributed by atoms with E-state index in [4.69, 9.17) is 25.8 Å². The van der Waals surface area contributed by atoms with Gasteiger partial charge in [0.25, 0.3) is 0 Å². The summed E-state index contributed by atoms with van der Waals surface area (Å²) >= 11 is 6.01. The number of benzene rings is 1. The number of sulfonamides is 1. The topological polar surface area (TPSA) is 85.4 Å². The molecule has 3 aliphatic rings. The second kappa shape index (κ2) is 10.5. The van der Waals surface area contributed by atoms with E-state index in [0.717, 1.165) is 25.7 Å². The zero-order valence-corrected chi connectivity index (χ0v) is 22.4. The molecular weight excluding hydrogens is 492 g/mol. The SMILES string of the molecule is CCC[C@@H]1COC[C@H](C2(OC(=O)N3CCC(CC)(OC)CC3)CC2)N1S(=O)(=O)c1ccc(Cl)cc1. The van der Waals surface area contributed by atoms with E-state index in [1.165, 1.54) is 12.1 Å². The molecule has 1 amide bonds. The number of carbonyl (C=O) groups is 1. The van der Waals surface area contributed by atoms with E-state index >= 15 is 0 Å². The number of morpholine rings is 1. The second-order valence-corrected chi connectivity index (χ2v) is 12.2. The van der Waals surface area contributed by atoms with E-state index in [1.54, 1.807) is 28.4 Å². The summed E-state index contributed by atoms with van der Waals surface area (Å²) in [5.74, 6) is 0. The van der Waals surface area contributed by atoms with Crippen LogP contribution in [0.25, 0.3) is 0 Å². The van der Waals surface area contributed by atoms with Crippen molar-refractivity contribution in [2.24, 2.45) is 0 Å². The van der Waals surface area contributed by atoms with E-state index in [2.05, 4.69) is 6.92 Å². The molecule has 0 N–H and O–H groups in total. The Balaban J connectivity index is 1.55. The van der Waals surface area contributed by atoms with Crippen molar-refractivity contribution >= 4 is 27.7 Å². The van der Waals surface area contributed by atoms with Gasteiger partial charge in [-0.1, -0.05) is 31.9 Å². The Labute approximate surface area is 213 Å². The fraction of sp³-hybridized carbons (Fsp3) is 0.720. The molecule has 1 aromatic carbocycles. The number of piperidine rings is 1. The molecule has 2 heterocycles. The molecule has 1 saturated carbocycles. The third-order valence-electron chi connectivity index (χ3n) is 7.91. The standard InChI is InChI=1S/C25H37ClN2O6S/c1-4-6-20-17-33-18-22(28(20)35(30,31)21-9-7-19(26)8-10-21)25(11-12-25)34-23(29)27-15-13-24(5-2,32-3)14-16-27/h7-10,20,22H,4-6,11-18H2,1-3H3/t20-,22-/m1/s1. The van der Waals surface area contributed by atoms with Gasteiger partial charge in [-0.15, -0.1) is 0 Å². The molecule has 3 fully saturated rings. The molecule has 196 valence electrons. The lowest BCUT2D eigenvalue weighted by molar-refractivity contribution is -0.0829. The van der Waals surface area contributed by atoms with Crippen LogP contribution in [0.1, 0.15) is 58.8 Å². The van der Waals surface area contributed by atoms with Crippen LogP contribution < -0.4 is 0 Å². The largest absolute Gasteiger partial charge is 0.441 e. The highest BCUT2D eigenvalue weighted by atomic mass is 35.5. The summed E-state index contributed by atoms with van der Waals surface area (Å²) in [4.78, 5) is 15.1. The normalized spacial score (nSPS) is 26.3. The minimum absolute atomic E-state index is 0.184. The number of amides is 1. The lowest BCUT2D eigenvalue weighted by Gasteiger charge is -2.45. The zero-order chi connectivity index (χ0) is 25.3. The molecule has 1 aromatic rings. The van der Waals surface area contributed by atoms with E-state index in [9.17, 15) is 13.2 Å². The number of hydrogen-bond donors (Lipinski definition) is 0. The Morgan fingerprint density at radius 1 is 1.11 bits per heavy atom. The highest BCUT2D eigenvalue weighted by Gasteiger charge is 2.60. The van der Waals surface area contributed by atoms with E-state index < -0.39 is 21.7 Å². The second-order valence-electron chi connectivity index (χ2n) is 9.95. The van der Waals surface area contributed by atoms with Crippen LogP contribution in [-0.4, -0.2) is 80.4 Å². The first-order chi connectivity index (χ1) is 16.7. The van der Waals surface area contributed by atoms with Gasteiger partial charge in [0.05, 0.1) is 29.8 Å². The summed E-state index contributed by atoms with van der Waals surface area (Å²) in [6.45, 7) is 5.76. The molecule has 0 spiro atoms. The Morgan fingerprint density at radius 3 is 2.31 bits per heavy atom. The lowest BCUT2D eigenvalue weighted by Crippen LogP contribution is -2.61. The first kappa shape index (κ1) is 26.7. The van der Waals surface area contributed by atoms with E-state index in [-0.39, 0.29) is 29.2 Å². The monoisotopic (exact) mass is 528 g/mol. The number of likely N-dealkylation sites (tertiary alicyclic amines) is 1. The molecular formula is C25H37ClN2O6S. The fourth-order valence-electron chi connectivity index (χ4n) is 5.40. The van der Waals surface area contributed by atoms with Gasteiger partial charge in [-0.2, -0.15) is 4.31 Å². The minimum Gasteiger partial charge on any atom is -0.441 e. The highest BCUT2D eigenvalue weighted by Crippen LogP contribution is 2.48. The number of halogens is 1. The van der Waals surface area contributed by atoms with Gasteiger partial charge < -0.3 is 19.1 Å². The molecule has 2 saturated heterocycles. The molecule has 2 aliphatic heterocycles. The van der Waals surface area contributed by atoms with Crippen molar-refractivity contribution in [1.29, 1.82) is 0 Å². The van der Waals surface area contributed by atoms with Crippen molar-refractivity contribution in [3.05, 3.63) is 29.3 Å². The van der Waals surface area contributed by atoms with E-state index in [0.29, 0.717) is 44.0 Å². The fourth-order valence-corrected chi connectivity index (χ4v) is 7.40. The number of rotatable bonds is 8. The summed E-state index contributed by atoms with van der Waals surface area (Å²) < 4.78 is 47.0. The lowest BCUT2D eigenvalue weighted by atomic mass is 9.89. The van der Waals surface area contributed by atoms with Crippen LogP contribution in [0, 0.1) is 0 Å². The number of methoxy groups -OCH3 is 1. The average Bonchev–Trinajstić information content (AvgIpc) is 3.64. The van der Waals surface area contributed by atoms with Crippen molar-refractivity contribution in [2.75, 3.05) is 33.4 Å². The minimum atomic E-state index is -3.85. The van der Waals surface area contributed by atoms with Crippen molar-refractivity contribution in [3.63, 3.8) is 0 Å². The molecule has 0 aromatic heterocycles. The highest BCUT2D eigenvalue weighted by molar-refractivity contribution is 7.89. The molecule has 1 aliphatic carbocycles. The van der Waals surface area contributed by atoms with E-state index in [1.807, 2.05) is 6.92 Å². The Morgan fingerprint density at radius 2 is 1.77 bits per heavy atom.